The first-order valence-electron chi connectivity index (χ1n) is 8.54. The van der Waals surface area contributed by atoms with E-state index >= 15 is 0 Å². The van der Waals surface area contributed by atoms with Crippen LogP contribution >= 0.6 is 0 Å². The number of hydrogen-bond donors (Lipinski definition) is 0. The van der Waals surface area contributed by atoms with Gasteiger partial charge in [0.2, 0.25) is 0 Å². The van der Waals surface area contributed by atoms with E-state index in [1.165, 1.54) is 19.3 Å². The topological polar surface area (TPSA) is 52.6 Å². The second kappa shape index (κ2) is 5.66. The minimum atomic E-state index is -0.272. The molecule has 0 saturated heterocycles. The molecule has 0 N–H and O–H groups in total. The van der Waals surface area contributed by atoms with Crippen molar-refractivity contribution in [3.05, 3.63) is 29.8 Å². The molecule has 0 aromatic heterocycles. The van der Waals surface area contributed by atoms with E-state index in [0.29, 0.717) is 11.3 Å². The van der Waals surface area contributed by atoms with E-state index in [1.807, 2.05) is 0 Å². The van der Waals surface area contributed by atoms with Crippen molar-refractivity contribution in [1.82, 2.24) is 0 Å². The van der Waals surface area contributed by atoms with Crippen LogP contribution in [-0.2, 0) is 9.53 Å². The van der Waals surface area contributed by atoms with Crippen LogP contribution in [0.2, 0.25) is 0 Å². The Morgan fingerprint density at radius 2 is 1.61 bits per heavy atom. The zero-order valence-corrected chi connectivity index (χ0v) is 13.2. The molecule has 0 amide bonds. The van der Waals surface area contributed by atoms with Crippen molar-refractivity contribution in [2.75, 3.05) is 6.61 Å². The van der Waals surface area contributed by atoms with Gasteiger partial charge in [-0.25, -0.2) is 4.79 Å². The summed E-state index contributed by atoms with van der Waals surface area (Å²) < 4.78 is 11.4. The van der Waals surface area contributed by atoms with Crippen LogP contribution in [-0.4, -0.2) is 24.5 Å². The van der Waals surface area contributed by atoms with Crippen LogP contribution in [0.5, 0.6) is 5.75 Å². The average Bonchev–Trinajstić information content (AvgIpc) is 2.51. The van der Waals surface area contributed by atoms with E-state index in [9.17, 15) is 9.59 Å². The number of carbonyl (C=O) groups is 2. The molecular weight excluding hydrogens is 292 g/mol. The third kappa shape index (κ3) is 2.99. The Morgan fingerprint density at radius 3 is 2.13 bits per heavy atom. The highest BCUT2D eigenvalue weighted by Crippen LogP contribution is 2.57. The zero-order chi connectivity index (χ0) is 15.9. The maximum atomic E-state index is 12.2. The Balaban J connectivity index is 1.34. The maximum Gasteiger partial charge on any atom is 0.344 e. The highest BCUT2D eigenvalue weighted by molar-refractivity contribution is 5.75. The van der Waals surface area contributed by atoms with E-state index in [0.717, 1.165) is 43.3 Å². The van der Waals surface area contributed by atoms with Crippen LogP contribution in [0, 0.1) is 17.8 Å². The van der Waals surface area contributed by atoms with Gasteiger partial charge in [0.25, 0.3) is 0 Å². The third-order valence-electron chi connectivity index (χ3n) is 5.69. The van der Waals surface area contributed by atoms with Gasteiger partial charge in [-0.05, 0) is 80.5 Å². The summed E-state index contributed by atoms with van der Waals surface area (Å²) in [6.45, 7) is -0.0673. The molecule has 4 aliphatic rings. The average molecular weight is 314 g/mol. The van der Waals surface area contributed by atoms with E-state index < -0.39 is 0 Å². The van der Waals surface area contributed by atoms with Crippen molar-refractivity contribution in [2.24, 2.45) is 17.8 Å². The van der Waals surface area contributed by atoms with Crippen LogP contribution in [0.1, 0.15) is 48.9 Å². The van der Waals surface area contributed by atoms with E-state index in [2.05, 4.69) is 0 Å². The summed E-state index contributed by atoms with van der Waals surface area (Å²) in [5.74, 6) is 2.58. The van der Waals surface area contributed by atoms with Crippen LogP contribution < -0.4 is 4.74 Å². The van der Waals surface area contributed by atoms with Gasteiger partial charge < -0.3 is 9.47 Å². The molecule has 122 valence electrons. The van der Waals surface area contributed by atoms with Crippen LogP contribution in [0.4, 0.5) is 0 Å². The molecule has 0 radical (unpaired) electrons. The van der Waals surface area contributed by atoms with Gasteiger partial charge >= 0.3 is 5.97 Å². The summed E-state index contributed by atoms with van der Waals surface area (Å²) in [5, 5.41) is 0. The van der Waals surface area contributed by atoms with Gasteiger partial charge in [0.1, 0.15) is 17.6 Å². The SMILES string of the molecule is O=Cc1ccc(OCC(=O)OC23CC4CC(CC(C4)C2)C3)cc1. The molecule has 4 saturated carbocycles. The van der Waals surface area contributed by atoms with Crippen molar-refractivity contribution in [3.63, 3.8) is 0 Å². The molecule has 4 aliphatic carbocycles. The number of rotatable bonds is 5. The number of carbonyl (C=O) groups excluding carboxylic acids is 2. The molecule has 4 bridgehead atoms. The van der Waals surface area contributed by atoms with E-state index in [-0.39, 0.29) is 18.2 Å². The molecule has 4 fully saturated rings. The van der Waals surface area contributed by atoms with Crippen molar-refractivity contribution in [2.45, 2.75) is 44.1 Å². The molecule has 4 heteroatoms. The van der Waals surface area contributed by atoms with Gasteiger partial charge in [-0.1, -0.05) is 0 Å². The third-order valence-corrected chi connectivity index (χ3v) is 5.69. The van der Waals surface area contributed by atoms with Crippen LogP contribution in [0.3, 0.4) is 0 Å². The highest BCUT2D eigenvalue weighted by atomic mass is 16.6. The van der Waals surface area contributed by atoms with Gasteiger partial charge in [-0.15, -0.1) is 0 Å². The first-order chi connectivity index (χ1) is 11.1. The second-order valence-electron chi connectivity index (χ2n) is 7.55. The molecule has 4 nitrogen and oxygen atoms in total. The summed E-state index contributed by atoms with van der Waals surface area (Å²) in [7, 11) is 0. The normalized spacial score (nSPS) is 34.2. The van der Waals surface area contributed by atoms with Gasteiger partial charge in [0.15, 0.2) is 6.61 Å². The molecule has 0 unspecified atom stereocenters. The van der Waals surface area contributed by atoms with Gasteiger partial charge in [-0.2, -0.15) is 0 Å². The maximum absolute atomic E-state index is 12.2. The van der Waals surface area contributed by atoms with E-state index in [4.69, 9.17) is 9.47 Å². The molecular formula is C19H22O4. The molecule has 1 aromatic carbocycles. The molecule has 0 aliphatic heterocycles. The Hall–Kier alpha value is -1.84. The van der Waals surface area contributed by atoms with Crippen molar-refractivity contribution >= 4 is 12.3 Å². The first kappa shape index (κ1) is 14.7. The zero-order valence-electron chi connectivity index (χ0n) is 13.2. The van der Waals surface area contributed by atoms with Crippen LogP contribution in [0.15, 0.2) is 24.3 Å². The lowest BCUT2D eigenvalue weighted by molar-refractivity contribution is -0.188. The summed E-state index contributed by atoms with van der Waals surface area (Å²) in [5.41, 5.74) is 0.379. The number of benzene rings is 1. The fraction of sp³-hybridized carbons (Fsp3) is 0.579. The van der Waals surface area contributed by atoms with Crippen LogP contribution in [0.25, 0.3) is 0 Å². The summed E-state index contributed by atoms with van der Waals surface area (Å²) in [4.78, 5) is 22.8. The van der Waals surface area contributed by atoms with Gasteiger partial charge in [0.05, 0.1) is 0 Å². The standard InChI is InChI=1S/C19H22O4/c20-11-13-1-3-17(4-2-13)22-12-18(21)23-19-8-14-5-15(9-19)7-16(6-14)10-19/h1-4,11,14-16H,5-10,12H2. The van der Waals surface area contributed by atoms with Crippen molar-refractivity contribution < 1.29 is 19.1 Å². The minimum absolute atomic E-state index is 0.0673. The lowest BCUT2D eigenvalue weighted by Gasteiger charge is -2.55. The second-order valence-corrected chi connectivity index (χ2v) is 7.55. The number of aldehydes is 1. The Bertz CT molecular complexity index is 569. The lowest BCUT2D eigenvalue weighted by Crippen LogP contribution is -2.53. The molecule has 0 heterocycles. The molecule has 0 atom stereocenters. The van der Waals surface area contributed by atoms with Crippen molar-refractivity contribution in [1.29, 1.82) is 0 Å². The smallest absolute Gasteiger partial charge is 0.344 e. The quantitative estimate of drug-likeness (QED) is 0.617. The predicted octanol–water partition coefficient (Wildman–Crippen LogP) is 3.39. The molecule has 0 spiro atoms. The summed E-state index contributed by atoms with van der Waals surface area (Å²) in [6.07, 6.45) is 7.89. The van der Waals surface area contributed by atoms with Crippen molar-refractivity contribution in [3.8, 4) is 5.75 Å². The van der Waals surface area contributed by atoms with E-state index in [1.54, 1.807) is 24.3 Å². The molecule has 1 aromatic rings. The Labute approximate surface area is 136 Å². The largest absolute Gasteiger partial charge is 0.482 e. The minimum Gasteiger partial charge on any atom is -0.482 e. The number of esters is 1. The van der Waals surface area contributed by atoms with Gasteiger partial charge in [0, 0.05) is 5.56 Å². The Kier molecular flexibility index (Phi) is 3.63. The number of hydrogen-bond acceptors (Lipinski definition) is 4. The first-order valence-corrected chi connectivity index (χ1v) is 8.54. The monoisotopic (exact) mass is 314 g/mol. The molecule has 5 rings (SSSR count). The number of ether oxygens (including phenoxy) is 2. The lowest BCUT2D eigenvalue weighted by atomic mass is 9.54. The molecule has 23 heavy (non-hydrogen) atoms. The summed E-state index contributed by atoms with van der Waals surface area (Å²) >= 11 is 0. The Morgan fingerprint density at radius 1 is 1.04 bits per heavy atom. The predicted molar refractivity (Wildman–Crippen MR) is 84.3 cm³/mol. The fourth-order valence-corrected chi connectivity index (χ4v) is 5.21. The summed E-state index contributed by atoms with van der Waals surface area (Å²) in [6, 6.07) is 6.74. The van der Waals surface area contributed by atoms with Gasteiger partial charge in [-0.3, -0.25) is 4.79 Å². The fourth-order valence-electron chi connectivity index (χ4n) is 5.21. The highest BCUT2D eigenvalue weighted by Gasteiger charge is 2.53.